The summed E-state index contributed by atoms with van der Waals surface area (Å²) >= 11 is 0. The normalized spacial score (nSPS) is 11.8. The minimum absolute atomic E-state index is 0.00870. The van der Waals surface area contributed by atoms with Crippen molar-refractivity contribution >= 4 is 18.1 Å². The third-order valence-electron chi connectivity index (χ3n) is 4.39. The summed E-state index contributed by atoms with van der Waals surface area (Å²) in [5.74, 6) is -1.09. The van der Waals surface area contributed by atoms with Gasteiger partial charge in [0, 0.05) is 5.56 Å². The fourth-order valence-corrected chi connectivity index (χ4v) is 2.61. The Morgan fingerprint density at radius 3 is 2.45 bits per heavy atom. The number of carbonyl (C=O) groups excluding carboxylic acids is 2. The van der Waals surface area contributed by atoms with Crippen molar-refractivity contribution in [2.24, 2.45) is 5.10 Å². The van der Waals surface area contributed by atoms with Crippen LogP contribution in [-0.4, -0.2) is 38.4 Å². The first-order valence-corrected chi connectivity index (χ1v) is 8.82. The zero-order valence-electron chi connectivity index (χ0n) is 16.9. The Morgan fingerprint density at radius 1 is 1.10 bits per heavy atom. The van der Waals surface area contributed by atoms with Crippen LogP contribution in [0.3, 0.4) is 0 Å². The molecule has 1 atom stereocenters. The van der Waals surface area contributed by atoms with E-state index in [1.807, 2.05) is 26.0 Å². The van der Waals surface area contributed by atoms with Crippen LogP contribution in [-0.2, 0) is 4.79 Å². The third kappa shape index (κ3) is 5.04. The van der Waals surface area contributed by atoms with Gasteiger partial charge in [-0.05, 0) is 50.1 Å². The number of methoxy groups -OCH3 is 2. The summed E-state index contributed by atoms with van der Waals surface area (Å²) in [5, 5.41) is 15.3. The molecule has 2 aromatic rings. The Bertz CT molecular complexity index is 939. The number of aromatic carboxylic acids is 1. The number of benzene rings is 2. The number of hydrazone groups is 1. The van der Waals surface area contributed by atoms with Gasteiger partial charge < -0.3 is 24.1 Å². The molecule has 2 rings (SSSR count). The van der Waals surface area contributed by atoms with Gasteiger partial charge in [0.2, 0.25) is 0 Å². The van der Waals surface area contributed by atoms with E-state index in [2.05, 4.69) is 10.5 Å². The van der Waals surface area contributed by atoms with Crippen LogP contribution in [0, 0.1) is 13.8 Å². The molecule has 2 aromatic carbocycles. The molecule has 8 heteroatoms. The third-order valence-corrected chi connectivity index (χ3v) is 4.39. The molecule has 0 aliphatic heterocycles. The average molecular weight is 399 g/mol. The summed E-state index contributed by atoms with van der Waals surface area (Å²) in [6.07, 6.45) is 0.383. The van der Waals surface area contributed by atoms with Crippen molar-refractivity contribution < 1.29 is 28.9 Å². The van der Waals surface area contributed by atoms with Crippen molar-refractivity contribution in [3.05, 3.63) is 52.6 Å². The average Bonchev–Trinajstić information content (AvgIpc) is 2.70. The first-order chi connectivity index (χ1) is 13.8. The molecule has 0 aromatic heterocycles. The second kappa shape index (κ2) is 9.59. The predicted octanol–water partition coefficient (Wildman–Crippen LogP) is 1.60. The van der Waals surface area contributed by atoms with Gasteiger partial charge in [0.1, 0.15) is 5.75 Å². The predicted molar refractivity (Wildman–Crippen MR) is 106 cm³/mol. The van der Waals surface area contributed by atoms with E-state index in [9.17, 15) is 14.7 Å². The van der Waals surface area contributed by atoms with E-state index in [0.717, 1.165) is 11.1 Å². The van der Waals surface area contributed by atoms with Crippen LogP contribution in [0.2, 0.25) is 0 Å². The van der Waals surface area contributed by atoms with E-state index < -0.39 is 18.0 Å². The van der Waals surface area contributed by atoms with Crippen LogP contribution >= 0.6 is 0 Å². The Morgan fingerprint density at radius 2 is 1.83 bits per heavy atom. The highest BCUT2D eigenvalue weighted by Gasteiger charge is 2.17. The largest absolute Gasteiger partial charge is 0.545 e. The molecule has 0 radical (unpaired) electrons. The molecule has 29 heavy (non-hydrogen) atoms. The fourth-order valence-electron chi connectivity index (χ4n) is 2.61. The maximum absolute atomic E-state index is 12.3. The lowest BCUT2D eigenvalue weighted by molar-refractivity contribution is -0.255. The first-order valence-electron chi connectivity index (χ1n) is 8.82. The van der Waals surface area contributed by atoms with Crippen molar-refractivity contribution in [1.29, 1.82) is 0 Å². The zero-order chi connectivity index (χ0) is 21.6. The van der Waals surface area contributed by atoms with Gasteiger partial charge >= 0.3 is 0 Å². The van der Waals surface area contributed by atoms with Gasteiger partial charge in [-0.3, -0.25) is 4.79 Å². The number of rotatable bonds is 8. The molecule has 0 unspecified atom stereocenters. The molecule has 0 saturated carbocycles. The molecule has 0 heterocycles. The molecule has 1 N–H and O–H groups in total. The fraction of sp³-hybridized carbons (Fsp3) is 0.286. The second-order valence-corrected chi connectivity index (χ2v) is 6.25. The lowest BCUT2D eigenvalue weighted by Crippen LogP contribution is -2.33. The van der Waals surface area contributed by atoms with E-state index >= 15 is 0 Å². The standard InChI is InChI=1S/C21H24N2O6/c1-12-7-6-8-16(13(12)2)29-14(3)20(24)23-22-11-15-9-10-17(27-4)19(28-5)18(15)21(25)26/h6-11,14H,1-5H3,(H,23,24)(H,25,26)/p-1/b22-11-/t14-/m0/s1. The number of ether oxygens (including phenoxy) is 3. The van der Waals surface area contributed by atoms with Gasteiger partial charge in [0.25, 0.3) is 5.91 Å². The Labute approximate surface area is 169 Å². The summed E-state index contributed by atoms with van der Waals surface area (Å²) in [4.78, 5) is 23.8. The highest BCUT2D eigenvalue weighted by molar-refractivity contribution is 6.01. The van der Waals surface area contributed by atoms with Crippen LogP contribution in [0.25, 0.3) is 0 Å². The van der Waals surface area contributed by atoms with Gasteiger partial charge in [-0.15, -0.1) is 0 Å². The van der Waals surface area contributed by atoms with Crippen LogP contribution < -0.4 is 24.7 Å². The van der Waals surface area contributed by atoms with Crippen LogP contribution in [0.15, 0.2) is 35.4 Å². The zero-order valence-corrected chi connectivity index (χ0v) is 16.9. The number of aryl methyl sites for hydroxylation is 1. The van der Waals surface area contributed by atoms with Crippen molar-refractivity contribution in [2.45, 2.75) is 26.9 Å². The molecule has 0 saturated heterocycles. The lowest BCUT2D eigenvalue weighted by atomic mass is 10.1. The Hall–Kier alpha value is -3.55. The topological polar surface area (TPSA) is 109 Å². The molecule has 0 aliphatic rings. The van der Waals surface area contributed by atoms with E-state index in [1.165, 1.54) is 32.6 Å². The molecular weight excluding hydrogens is 376 g/mol. The number of amides is 1. The van der Waals surface area contributed by atoms with E-state index in [4.69, 9.17) is 14.2 Å². The van der Waals surface area contributed by atoms with E-state index in [1.54, 1.807) is 13.0 Å². The molecule has 0 spiro atoms. The maximum atomic E-state index is 12.3. The first kappa shape index (κ1) is 21.7. The number of carboxylic acids is 1. The number of hydrogen-bond acceptors (Lipinski definition) is 7. The van der Waals surface area contributed by atoms with Gasteiger partial charge in [0.15, 0.2) is 17.6 Å². The molecule has 0 bridgehead atoms. The van der Waals surface area contributed by atoms with Crippen molar-refractivity contribution in [3.63, 3.8) is 0 Å². The summed E-state index contributed by atoms with van der Waals surface area (Å²) < 4.78 is 15.9. The van der Waals surface area contributed by atoms with Crippen LogP contribution in [0.5, 0.6) is 17.2 Å². The highest BCUT2D eigenvalue weighted by atomic mass is 16.5. The van der Waals surface area contributed by atoms with Crippen molar-refractivity contribution in [3.8, 4) is 17.2 Å². The van der Waals surface area contributed by atoms with Crippen LogP contribution in [0.1, 0.15) is 34.0 Å². The maximum Gasteiger partial charge on any atom is 0.280 e. The summed E-state index contributed by atoms with van der Waals surface area (Å²) in [6.45, 7) is 5.46. The molecule has 0 aliphatic carbocycles. The van der Waals surface area contributed by atoms with Crippen LogP contribution in [0.4, 0.5) is 0 Å². The van der Waals surface area contributed by atoms with E-state index in [-0.39, 0.29) is 22.6 Å². The number of nitrogens with zero attached hydrogens (tertiary/aromatic N) is 1. The number of nitrogens with one attached hydrogen (secondary N) is 1. The molecular formula is C21H23N2O6-. The van der Waals surface area contributed by atoms with Crippen molar-refractivity contribution in [2.75, 3.05) is 14.2 Å². The second-order valence-electron chi connectivity index (χ2n) is 6.25. The van der Waals surface area contributed by atoms with Gasteiger partial charge in [0.05, 0.1) is 32.0 Å². The molecule has 0 fully saturated rings. The monoisotopic (exact) mass is 399 g/mol. The lowest BCUT2D eigenvalue weighted by Gasteiger charge is -2.16. The van der Waals surface area contributed by atoms with Gasteiger partial charge in [-0.1, -0.05) is 12.1 Å². The van der Waals surface area contributed by atoms with Gasteiger partial charge in [-0.2, -0.15) is 5.10 Å². The number of hydrogen-bond donors (Lipinski definition) is 1. The number of carbonyl (C=O) groups is 2. The molecule has 8 nitrogen and oxygen atoms in total. The Kier molecular flexibility index (Phi) is 7.19. The Balaban J connectivity index is 2.13. The van der Waals surface area contributed by atoms with E-state index in [0.29, 0.717) is 5.75 Å². The summed E-state index contributed by atoms with van der Waals surface area (Å²) in [7, 11) is 2.71. The smallest absolute Gasteiger partial charge is 0.280 e. The highest BCUT2D eigenvalue weighted by Crippen LogP contribution is 2.32. The molecule has 1 amide bonds. The quantitative estimate of drug-likeness (QED) is 0.533. The minimum Gasteiger partial charge on any atom is -0.545 e. The van der Waals surface area contributed by atoms with Crippen molar-refractivity contribution in [1.82, 2.24) is 5.43 Å². The SMILES string of the molecule is COc1ccc(/C=N\NC(=O)[C@H](C)Oc2cccc(C)c2C)c(C(=O)[O-])c1OC. The summed E-state index contributed by atoms with van der Waals surface area (Å²) in [5.41, 5.74) is 4.29. The number of carboxylic acid groups (broad SMARTS) is 1. The summed E-state index contributed by atoms with van der Waals surface area (Å²) in [6, 6.07) is 8.58. The minimum atomic E-state index is -1.46. The van der Waals surface area contributed by atoms with Gasteiger partial charge in [-0.25, -0.2) is 5.43 Å². The molecule has 154 valence electrons.